The van der Waals surface area contributed by atoms with E-state index in [0.717, 1.165) is 29.0 Å². The number of pyridine rings is 1. The number of anilines is 1. The third-order valence-corrected chi connectivity index (χ3v) is 3.42. The minimum absolute atomic E-state index is 0.655. The largest absolute Gasteiger partial charge is 0.384 e. The Morgan fingerprint density at radius 2 is 2.31 bits per heavy atom. The quantitative estimate of drug-likeness (QED) is 0.760. The van der Waals surface area contributed by atoms with Crippen molar-refractivity contribution in [3.63, 3.8) is 0 Å². The van der Waals surface area contributed by atoms with Crippen LogP contribution in [-0.2, 0) is 0 Å². The Morgan fingerprint density at radius 3 is 2.94 bits per heavy atom. The topological polar surface area (TPSA) is 24.9 Å². The van der Waals surface area contributed by atoms with E-state index in [1.807, 2.05) is 6.07 Å². The first-order chi connectivity index (χ1) is 7.77. The third kappa shape index (κ3) is 4.71. The van der Waals surface area contributed by atoms with Crippen LogP contribution in [0.2, 0.25) is 0 Å². The Hall–Kier alpha value is -0.280. The summed E-state index contributed by atoms with van der Waals surface area (Å²) in [6.07, 6.45) is 7.11. The minimum atomic E-state index is 0.655. The lowest BCUT2D eigenvalue weighted by Crippen LogP contribution is -2.15. The van der Waals surface area contributed by atoms with Crippen molar-refractivity contribution >= 4 is 33.2 Å². The van der Waals surface area contributed by atoms with E-state index < -0.39 is 0 Å². The summed E-state index contributed by atoms with van der Waals surface area (Å²) in [5.41, 5.74) is 1.10. The number of hydrogen-bond acceptors (Lipinski definition) is 2. The summed E-state index contributed by atoms with van der Waals surface area (Å²) in [5.74, 6) is 1.40. The summed E-state index contributed by atoms with van der Waals surface area (Å²) in [6, 6.07) is 1.98. The number of nitrogens with zero attached hydrogens (tertiary/aromatic N) is 1. The van der Waals surface area contributed by atoms with Gasteiger partial charge in [-0.1, -0.05) is 13.3 Å². The minimum Gasteiger partial charge on any atom is -0.384 e. The first-order valence-corrected chi connectivity index (χ1v) is 7.00. The summed E-state index contributed by atoms with van der Waals surface area (Å²) in [6.45, 7) is 3.19. The van der Waals surface area contributed by atoms with Crippen LogP contribution in [0.3, 0.4) is 0 Å². The van der Waals surface area contributed by atoms with E-state index in [1.165, 1.54) is 12.8 Å². The molecule has 4 heteroatoms. The maximum absolute atomic E-state index is 5.80. The molecule has 0 aliphatic heterocycles. The van der Waals surface area contributed by atoms with Crippen molar-refractivity contribution in [2.24, 2.45) is 5.92 Å². The summed E-state index contributed by atoms with van der Waals surface area (Å²) < 4.78 is 1.01. The van der Waals surface area contributed by atoms with E-state index in [0.29, 0.717) is 5.92 Å². The molecule has 0 radical (unpaired) electrons. The average Bonchev–Trinajstić information content (AvgIpc) is 2.28. The number of halogens is 2. The molecule has 1 aromatic rings. The molecule has 0 fully saturated rings. The Morgan fingerprint density at radius 1 is 1.50 bits per heavy atom. The Bertz CT molecular complexity index is 301. The van der Waals surface area contributed by atoms with Gasteiger partial charge in [0.2, 0.25) is 0 Å². The van der Waals surface area contributed by atoms with Gasteiger partial charge in [0.25, 0.3) is 0 Å². The van der Waals surface area contributed by atoms with Gasteiger partial charge < -0.3 is 5.32 Å². The summed E-state index contributed by atoms with van der Waals surface area (Å²) in [7, 11) is 0. The molecule has 0 amide bonds. The summed E-state index contributed by atoms with van der Waals surface area (Å²) in [5, 5.41) is 3.44. The molecular weight excluding hydrogens is 288 g/mol. The lowest BCUT2D eigenvalue weighted by molar-refractivity contribution is 0.490. The molecule has 1 aromatic heterocycles. The molecule has 1 unspecified atom stereocenters. The van der Waals surface area contributed by atoms with Gasteiger partial charge in [-0.3, -0.25) is 4.98 Å². The molecule has 1 rings (SSSR count). The summed E-state index contributed by atoms with van der Waals surface area (Å²) in [4.78, 5) is 4.04. The van der Waals surface area contributed by atoms with E-state index in [1.54, 1.807) is 12.4 Å². The molecule has 0 aromatic carbocycles. The van der Waals surface area contributed by atoms with Gasteiger partial charge in [-0.25, -0.2) is 0 Å². The Kier molecular flexibility index (Phi) is 6.81. The van der Waals surface area contributed by atoms with Gasteiger partial charge in [0, 0.05) is 24.8 Å². The maximum Gasteiger partial charge on any atom is 0.0590 e. The molecule has 2 nitrogen and oxygen atoms in total. The van der Waals surface area contributed by atoms with Crippen molar-refractivity contribution in [3.05, 3.63) is 22.9 Å². The fourth-order valence-corrected chi connectivity index (χ4v) is 2.38. The monoisotopic (exact) mass is 304 g/mol. The molecule has 1 heterocycles. The van der Waals surface area contributed by atoms with E-state index in [-0.39, 0.29) is 0 Å². The van der Waals surface area contributed by atoms with Crippen molar-refractivity contribution in [2.75, 3.05) is 17.7 Å². The molecule has 90 valence electrons. The summed E-state index contributed by atoms with van der Waals surface area (Å²) >= 11 is 9.27. The number of nitrogens with one attached hydrogen (secondary N) is 1. The molecular formula is C12H18BrClN2. The zero-order valence-electron chi connectivity index (χ0n) is 9.55. The standard InChI is InChI=1S/C12H18BrClN2/c1-2-3-10(4-6-14)8-16-12-5-7-15-9-11(12)13/h5,7,9-10H,2-4,6,8H2,1H3,(H,15,16). The van der Waals surface area contributed by atoms with Crippen molar-refractivity contribution in [3.8, 4) is 0 Å². The predicted molar refractivity (Wildman–Crippen MR) is 74.2 cm³/mol. The number of hydrogen-bond donors (Lipinski definition) is 1. The van der Waals surface area contributed by atoms with Gasteiger partial charge in [-0.15, -0.1) is 11.6 Å². The van der Waals surface area contributed by atoms with Gasteiger partial charge in [0.1, 0.15) is 0 Å². The second-order valence-electron chi connectivity index (χ2n) is 3.87. The number of aromatic nitrogens is 1. The van der Waals surface area contributed by atoms with Crippen LogP contribution in [0.25, 0.3) is 0 Å². The molecule has 0 aliphatic rings. The number of rotatable bonds is 7. The molecule has 16 heavy (non-hydrogen) atoms. The van der Waals surface area contributed by atoms with Gasteiger partial charge >= 0.3 is 0 Å². The molecule has 0 spiro atoms. The Balaban J connectivity index is 2.45. The van der Waals surface area contributed by atoms with Crippen LogP contribution < -0.4 is 5.32 Å². The van der Waals surface area contributed by atoms with Crippen molar-refractivity contribution < 1.29 is 0 Å². The average molecular weight is 306 g/mol. The zero-order valence-corrected chi connectivity index (χ0v) is 11.9. The first-order valence-electron chi connectivity index (χ1n) is 5.67. The smallest absolute Gasteiger partial charge is 0.0590 e. The molecule has 0 bridgehead atoms. The van der Waals surface area contributed by atoms with E-state index in [4.69, 9.17) is 11.6 Å². The number of alkyl halides is 1. The van der Waals surface area contributed by atoms with Crippen molar-refractivity contribution in [1.82, 2.24) is 4.98 Å². The van der Waals surface area contributed by atoms with Crippen LogP contribution >= 0.6 is 27.5 Å². The lowest BCUT2D eigenvalue weighted by atomic mass is 10.0. The molecule has 1 N–H and O–H groups in total. The van der Waals surface area contributed by atoms with E-state index >= 15 is 0 Å². The van der Waals surface area contributed by atoms with Gasteiger partial charge in [0.05, 0.1) is 10.2 Å². The third-order valence-electron chi connectivity index (χ3n) is 2.57. The fraction of sp³-hybridized carbons (Fsp3) is 0.583. The molecule has 0 saturated carbocycles. The zero-order chi connectivity index (χ0) is 11.8. The lowest BCUT2D eigenvalue weighted by Gasteiger charge is -2.16. The van der Waals surface area contributed by atoms with Gasteiger partial charge in [-0.2, -0.15) is 0 Å². The highest BCUT2D eigenvalue weighted by molar-refractivity contribution is 9.10. The molecule has 0 aliphatic carbocycles. The highest BCUT2D eigenvalue weighted by Gasteiger charge is 2.07. The van der Waals surface area contributed by atoms with Crippen LogP contribution in [-0.4, -0.2) is 17.4 Å². The maximum atomic E-state index is 5.80. The molecule has 0 saturated heterocycles. The fourth-order valence-electron chi connectivity index (χ4n) is 1.68. The second kappa shape index (κ2) is 7.91. The Labute approximate surface area is 111 Å². The van der Waals surface area contributed by atoms with Crippen LogP contribution in [0, 0.1) is 5.92 Å². The van der Waals surface area contributed by atoms with Crippen LogP contribution in [0.1, 0.15) is 26.2 Å². The van der Waals surface area contributed by atoms with E-state index in [9.17, 15) is 0 Å². The van der Waals surface area contributed by atoms with Gasteiger partial charge in [0.15, 0.2) is 0 Å². The predicted octanol–water partition coefficient (Wildman–Crippen LogP) is 4.30. The highest BCUT2D eigenvalue weighted by Crippen LogP contribution is 2.21. The van der Waals surface area contributed by atoms with Crippen LogP contribution in [0.15, 0.2) is 22.9 Å². The van der Waals surface area contributed by atoms with Gasteiger partial charge in [-0.05, 0) is 40.8 Å². The van der Waals surface area contributed by atoms with Crippen LogP contribution in [0.5, 0.6) is 0 Å². The second-order valence-corrected chi connectivity index (χ2v) is 5.10. The van der Waals surface area contributed by atoms with Crippen molar-refractivity contribution in [2.45, 2.75) is 26.2 Å². The highest BCUT2D eigenvalue weighted by atomic mass is 79.9. The normalized spacial score (nSPS) is 12.4. The van der Waals surface area contributed by atoms with Crippen LogP contribution in [0.4, 0.5) is 5.69 Å². The SMILES string of the molecule is CCCC(CCCl)CNc1ccncc1Br. The molecule has 1 atom stereocenters. The first kappa shape index (κ1) is 13.8. The van der Waals surface area contributed by atoms with E-state index in [2.05, 4.69) is 33.2 Å². The van der Waals surface area contributed by atoms with Crippen molar-refractivity contribution in [1.29, 1.82) is 0 Å².